The largest absolute Gasteiger partial charge is 0.338 e. The molecule has 0 spiro atoms. The quantitative estimate of drug-likeness (QED) is 0.206. The molecule has 2 heterocycles. The molecule has 196 valence electrons. The molecule has 0 saturated carbocycles. The van der Waals surface area contributed by atoms with Gasteiger partial charge in [0, 0.05) is 16.9 Å². The molecule has 0 fully saturated rings. The van der Waals surface area contributed by atoms with E-state index < -0.39 is 0 Å². The van der Waals surface area contributed by atoms with E-state index in [1.165, 1.54) is 11.3 Å². The average molecular weight is 547 g/mol. The van der Waals surface area contributed by atoms with E-state index in [9.17, 15) is 9.59 Å². The van der Waals surface area contributed by atoms with E-state index in [2.05, 4.69) is 20.6 Å². The summed E-state index contributed by atoms with van der Waals surface area (Å²) >= 11 is 7.62. The lowest BCUT2D eigenvalue weighted by molar-refractivity contribution is 0.102. The Labute approximate surface area is 232 Å². The van der Waals surface area contributed by atoms with Crippen molar-refractivity contribution in [2.24, 2.45) is 0 Å². The Hall–Kier alpha value is -3.94. The first-order valence-electron chi connectivity index (χ1n) is 12.5. The number of hydrogen-bond donors (Lipinski definition) is 3. The number of benzene rings is 3. The Morgan fingerprint density at radius 3 is 2.18 bits per heavy atom. The molecule has 0 aliphatic rings. The molecule has 0 saturated heterocycles. The molecule has 0 atom stereocenters. The second-order valence-electron chi connectivity index (χ2n) is 7.76. The molecular weight excluding hydrogens is 516 g/mol. The van der Waals surface area contributed by atoms with Crippen molar-refractivity contribution in [1.29, 1.82) is 0 Å². The zero-order valence-corrected chi connectivity index (χ0v) is 23.6. The van der Waals surface area contributed by atoms with E-state index in [0.29, 0.717) is 32.7 Å². The number of hydrogen-bond acceptors (Lipinski definition) is 4. The van der Waals surface area contributed by atoms with E-state index in [4.69, 9.17) is 11.6 Å². The first-order chi connectivity index (χ1) is 18.5. The summed E-state index contributed by atoms with van der Waals surface area (Å²) in [6.07, 6.45) is 0. The fourth-order valence-corrected chi connectivity index (χ4v) is 4.48. The van der Waals surface area contributed by atoms with Gasteiger partial charge in [-0.15, -0.1) is 11.3 Å². The van der Waals surface area contributed by atoms with Crippen LogP contribution in [-0.2, 0) is 0 Å². The lowest BCUT2D eigenvalue weighted by Crippen LogP contribution is -2.12. The predicted molar refractivity (Wildman–Crippen MR) is 161 cm³/mol. The number of amides is 2. The van der Waals surface area contributed by atoms with Gasteiger partial charge in [-0.1, -0.05) is 51.4 Å². The zero-order chi connectivity index (χ0) is 27.7. The summed E-state index contributed by atoms with van der Waals surface area (Å²) in [7, 11) is 0. The van der Waals surface area contributed by atoms with Crippen molar-refractivity contribution in [3.63, 3.8) is 0 Å². The minimum Gasteiger partial charge on any atom is -0.338 e. The topological polar surface area (TPSA) is 86.9 Å². The van der Waals surface area contributed by atoms with E-state index in [-0.39, 0.29) is 11.8 Å². The lowest BCUT2D eigenvalue weighted by Gasteiger charge is -2.07. The summed E-state index contributed by atoms with van der Waals surface area (Å²) in [4.78, 5) is 33.5. The number of H-pyrrole nitrogens is 1. The summed E-state index contributed by atoms with van der Waals surface area (Å²) in [5, 5.41) is 8.06. The third kappa shape index (κ3) is 6.88. The first-order valence-corrected chi connectivity index (χ1v) is 13.7. The van der Waals surface area contributed by atoms with Crippen LogP contribution in [0.1, 0.15) is 53.3 Å². The molecular formula is C30H31ClN4O2S. The van der Waals surface area contributed by atoms with Gasteiger partial charge in [-0.3, -0.25) is 9.59 Å². The minimum absolute atomic E-state index is 0.131. The second-order valence-corrected chi connectivity index (χ2v) is 9.12. The fraction of sp³-hybridized carbons (Fsp3) is 0.167. The van der Waals surface area contributed by atoms with Crippen molar-refractivity contribution in [2.45, 2.75) is 34.6 Å². The Balaban J connectivity index is 0.000000956. The summed E-state index contributed by atoms with van der Waals surface area (Å²) < 4.78 is 0. The van der Waals surface area contributed by atoms with Gasteiger partial charge in [0.25, 0.3) is 11.8 Å². The van der Waals surface area contributed by atoms with Crippen LogP contribution in [0.15, 0.2) is 78.2 Å². The molecule has 0 aliphatic heterocycles. The molecule has 3 N–H and O–H groups in total. The monoisotopic (exact) mass is 546 g/mol. The highest BCUT2D eigenvalue weighted by Crippen LogP contribution is 2.25. The maximum Gasteiger partial charge on any atom is 0.265 e. The van der Waals surface area contributed by atoms with Gasteiger partial charge in [0.2, 0.25) is 0 Å². The van der Waals surface area contributed by atoms with Gasteiger partial charge in [-0.05, 0) is 78.5 Å². The van der Waals surface area contributed by atoms with Gasteiger partial charge in [0.1, 0.15) is 5.82 Å². The van der Waals surface area contributed by atoms with Crippen molar-refractivity contribution >= 4 is 57.2 Å². The first kappa shape index (κ1) is 28.6. The smallest absolute Gasteiger partial charge is 0.265 e. The van der Waals surface area contributed by atoms with Crippen molar-refractivity contribution in [1.82, 2.24) is 9.97 Å². The molecule has 5 aromatic rings. The van der Waals surface area contributed by atoms with Gasteiger partial charge >= 0.3 is 0 Å². The van der Waals surface area contributed by atoms with Gasteiger partial charge in [-0.25, -0.2) is 4.98 Å². The summed E-state index contributed by atoms with van der Waals surface area (Å²) in [5.74, 6) is 0.286. The third-order valence-corrected chi connectivity index (χ3v) is 6.45. The molecule has 38 heavy (non-hydrogen) atoms. The SMILES string of the molecule is CC.CC.Cc1ccc(C(=O)Nc2ccc3nc(-c4ccc(NC(=O)c5cccs5)cc4)[nH]c3c2)c(Cl)c1. The number of aryl methyl sites for hydroxylation is 1. The van der Waals surface area contributed by atoms with Gasteiger partial charge in [0.05, 0.1) is 26.5 Å². The van der Waals surface area contributed by atoms with Gasteiger partial charge in [-0.2, -0.15) is 0 Å². The Morgan fingerprint density at radius 2 is 1.53 bits per heavy atom. The number of rotatable bonds is 5. The third-order valence-electron chi connectivity index (χ3n) is 5.27. The summed E-state index contributed by atoms with van der Waals surface area (Å²) in [6, 6.07) is 21.9. The van der Waals surface area contributed by atoms with Crippen LogP contribution in [-0.4, -0.2) is 21.8 Å². The number of halogens is 1. The van der Waals surface area contributed by atoms with Crippen LogP contribution in [0.4, 0.5) is 11.4 Å². The number of thiophene rings is 1. The fourth-order valence-electron chi connectivity index (χ4n) is 3.54. The highest BCUT2D eigenvalue weighted by atomic mass is 35.5. The van der Waals surface area contributed by atoms with Crippen molar-refractivity contribution in [3.05, 3.63) is 99.2 Å². The second kappa shape index (κ2) is 13.6. The lowest BCUT2D eigenvalue weighted by atomic mass is 10.1. The van der Waals surface area contributed by atoms with Gasteiger partial charge < -0.3 is 15.6 Å². The Kier molecular flexibility index (Phi) is 10.2. The van der Waals surface area contributed by atoms with Crippen LogP contribution in [0, 0.1) is 6.92 Å². The van der Waals surface area contributed by atoms with Gasteiger partial charge in [0.15, 0.2) is 0 Å². The van der Waals surface area contributed by atoms with Crippen LogP contribution in [0.5, 0.6) is 0 Å². The van der Waals surface area contributed by atoms with Crippen LogP contribution >= 0.6 is 22.9 Å². The molecule has 0 unspecified atom stereocenters. The van der Waals surface area contributed by atoms with Crippen LogP contribution < -0.4 is 10.6 Å². The van der Waals surface area contributed by atoms with Crippen LogP contribution in [0.3, 0.4) is 0 Å². The number of aromatic amines is 1. The molecule has 8 heteroatoms. The number of aromatic nitrogens is 2. The molecule has 0 bridgehead atoms. The number of nitrogens with zero attached hydrogens (tertiary/aromatic N) is 1. The maximum atomic E-state index is 12.6. The molecule has 2 amide bonds. The molecule has 2 aromatic heterocycles. The van der Waals surface area contributed by atoms with Crippen LogP contribution in [0.2, 0.25) is 5.02 Å². The molecule has 0 aliphatic carbocycles. The minimum atomic E-state index is -0.274. The van der Waals surface area contributed by atoms with Crippen molar-refractivity contribution in [3.8, 4) is 11.4 Å². The highest BCUT2D eigenvalue weighted by Gasteiger charge is 2.13. The Morgan fingerprint density at radius 1 is 0.842 bits per heavy atom. The Bertz CT molecular complexity index is 1510. The van der Waals surface area contributed by atoms with E-state index in [0.717, 1.165) is 22.2 Å². The van der Waals surface area contributed by atoms with Crippen molar-refractivity contribution < 1.29 is 9.59 Å². The molecule has 6 nitrogen and oxygen atoms in total. The number of carbonyl (C=O) groups excluding carboxylic acids is 2. The average Bonchev–Trinajstić information content (AvgIpc) is 3.62. The standard InChI is InChI=1S/C26H19ClN4O2S.2C2H6/c1-15-4-10-19(20(27)13-15)25(32)29-18-9-11-21-22(14-18)31-24(30-21)16-5-7-17(8-6-16)28-26(33)23-3-2-12-34-23;2*1-2/h2-14H,1H3,(H,28,33)(H,29,32)(H,30,31);2*1-2H3. The van der Waals surface area contributed by atoms with E-state index >= 15 is 0 Å². The number of carbonyl (C=O) groups is 2. The summed E-state index contributed by atoms with van der Waals surface area (Å²) in [5.41, 5.74) is 5.19. The van der Waals surface area contributed by atoms with Crippen LogP contribution in [0.25, 0.3) is 22.4 Å². The van der Waals surface area contributed by atoms with Crippen molar-refractivity contribution in [2.75, 3.05) is 10.6 Å². The number of nitrogens with one attached hydrogen (secondary N) is 3. The normalized spacial score (nSPS) is 10.1. The molecule has 3 aromatic carbocycles. The van der Waals surface area contributed by atoms with E-state index in [1.807, 2.05) is 88.5 Å². The predicted octanol–water partition coefficient (Wildman–Crippen LogP) is 8.81. The maximum absolute atomic E-state index is 12.6. The van der Waals surface area contributed by atoms with E-state index in [1.54, 1.807) is 24.3 Å². The molecule has 5 rings (SSSR count). The summed E-state index contributed by atoms with van der Waals surface area (Å²) in [6.45, 7) is 9.92. The number of anilines is 2. The highest BCUT2D eigenvalue weighted by molar-refractivity contribution is 7.12. The number of imidazole rings is 1. The zero-order valence-electron chi connectivity index (χ0n) is 22.1. The number of fused-ring (bicyclic) bond motifs is 1. The molecule has 0 radical (unpaired) electrons.